The third kappa shape index (κ3) is 8.53. The number of likely N-dealkylation sites (N-methyl/N-ethyl adjacent to an activating group) is 1. The SMILES string of the molecule is CCN(CC(=O)O)Cc1cc(/C(=N/OCC(=O)NCC2CCCCC2)c2cccc(Cl)c2)ccc1N. The van der Waals surface area contributed by atoms with Crippen molar-refractivity contribution in [2.75, 3.05) is 32.0 Å². The molecule has 1 saturated carbocycles. The number of nitrogens with zero attached hydrogens (tertiary/aromatic N) is 2. The summed E-state index contributed by atoms with van der Waals surface area (Å²) < 4.78 is 0. The van der Waals surface area contributed by atoms with E-state index in [1.54, 1.807) is 23.1 Å². The maximum absolute atomic E-state index is 12.3. The van der Waals surface area contributed by atoms with Gasteiger partial charge in [-0.1, -0.05) is 61.1 Å². The largest absolute Gasteiger partial charge is 0.480 e. The van der Waals surface area contributed by atoms with Gasteiger partial charge in [-0.2, -0.15) is 0 Å². The van der Waals surface area contributed by atoms with Crippen LogP contribution in [0.25, 0.3) is 0 Å². The highest BCUT2D eigenvalue weighted by atomic mass is 35.5. The van der Waals surface area contributed by atoms with Gasteiger partial charge in [0.15, 0.2) is 6.61 Å². The van der Waals surface area contributed by atoms with Crippen LogP contribution >= 0.6 is 11.6 Å². The molecule has 0 radical (unpaired) electrons. The van der Waals surface area contributed by atoms with Crippen LogP contribution in [0.15, 0.2) is 47.6 Å². The van der Waals surface area contributed by atoms with Crippen LogP contribution in [-0.2, 0) is 21.0 Å². The molecule has 194 valence electrons. The lowest BCUT2D eigenvalue weighted by atomic mass is 9.89. The van der Waals surface area contributed by atoms with E-state index in [9.17, 15) is 14.7 Å². The number of carboxylic acids is 1. The number of carbonyl (C=O) groups excluding carboxylic acids is 1. The van der Waals surface area contributed by atoms with Crippen molar-refractivity contribution in [2.45, 2.75) is 45.6 Å². The molecule has 0 saturated heterocycles. The third-order valence-electron chi connectivity index (χ3n) is 6.38. The van der Waals surface area contributed by atoms with Gasteiger partial charge in [0.25, 0.3) is 5.91 Å². The lowest BCUT2D eigenvalue weighted by Gasteiger charge is -2.21. The Labute approximate surface area is 217 Å². The number of carboxylic acid groups (broad SMARTS) is 1. The Bertz CT molecular complexity index is 1070. The van der Waals surface area contributed by atoms with Crippen LogP contribution in [0.4, 0.5) is 5.69 Å². The van der Waals surface area contributed by atoms with Gasteiger partial charge in [-0.25, -0.2) is 0 Å². The van der Waals surface area contributed by atoms with Crippen molar-refractivity contribution in [3.8, 4) is 0 Å². The topological polar surface area (TPSA) is 117 Å². The molecular formula is C27H35ClN4O4. The van der Waals surface area contributed by atoms with E-state index in [1.807, 2.05) is 31.2 Å². The van der Waals surface area contributed by atoms with E-state index in [0.717, 1.165) is 29.5 Å². The molecule has 0 spiro atoms. The number of carbonyl (C=O) groups is 2. The summed E-state index contributed by atoms with van der Waals surface area (Å²) in [7, 11) is 0. The summed E-state index contributed by atoms with van der Waals surface area (Å²) in [5.41, 5.74) is 9.47. The summed E-state index contributed by atoms with van der Waals surface area (Å²) >= 11 is 6.23. The van der Waals surface area contributed by atoms with E-state index in [0.29, 0.717) is 42.0 Å². The van der Waals surface area contributed by atoms with Crippen LogP contribution < -0.4 is 11.1 Å². The molecule has 4 N–H and O–H groups in total. The number of aliphatic carboxylic acids is 1. The number of amides is 1. The first kappa shape index (κ1) is 27.5. The summed E-state index contributed by atoms with van der Waals surface area (Å²) in [4.78, 5) is 30.8. The van der Waals surface area contributed by atoms with Gasteiger partial charge in [0, 0.05) is 34.9 Å². The highest BCUT2D eigenvalue weighted by Crippen LogP contribution is 2.23. The van der Waals surface area contributed by atoms with E-state index in [4.69, 9.17) is 22.2 Å². The summed E-state index contributed by atoms with van der Waals surface area (Å²) in [5, 5.41) is 17.0. The molecule has 0 atom stereocenters. The fraction of sp³-hybridized carbons (Fsp3) is 0.444. The minimum absolute atomic E-state index is 0.0888. The van der Waals surface area contributed by atoms with Crippen molar-refractivity contribution in [2.24, 2.45) is 11.1 Å². The molecular weight excluding hydrogens is 480 g/mol. The smallest absolute Gasteiger partial charge is 0.317 e. The molecule has 36 heavy (non-hydrogen) atoms. The zero-order valence-corrected chi connectivity index (χ0v) is 21.5. The fourth-order valence-electron chi connectivity index (χ4n) is 4.37. The third-order valence-corrected chi connectivity index (χ3v) is 6.61. The van der Waals surface area contributed by atoms with Crippen LogP contribution in [0.2, 0.25) is 5.02 Å². The molecule has 9 heteroatoms. The molecule has 8 nitrogen and oxygen atoms in total. The van der Waals surface area contributed by atoms with E-state index in [-0.39, 0.29) is 19.1 Å². The van der Waals surface area contributed by atoms with Gasteiger partial charge in [-0.3, -0.25) is 14.5 Å². The van der Waals surface area contributed by atoms with E-state index in [1.165, 1.54) is 19.3 Å². The van der Waals surface area contributed by atoms with Crippen LogP contribution in [0.1, 0.15) is 55.7 Å². The van der Waals surface area contributed by atoms with Gasteiger partial charge < -0.3 is 21.0 Å². The lowest BCUT2D eigenvalue weighted by molar-refractivity contribution is -0.138. The average molecular weight is 515 g/mol. The molecule has 0 aromatic heterocycles. The predicted molar refractivity (Wildman–Crippen MR) is 142 cm³/mol. The number of nitrogens with two attached hydrogens (primary N) is 1. The Morgan fingerprint density at radius 3 is 2.61 bits per heavy atom. The quantitative estimate of drug-likeness (QED) is 0.221. The minimum atomic E-state index is -0.900. The van der Waals surface area contributed by atoms with E-state index >= 15 is 0 Å². The first-order chi connectivity index (χ1) is 17.4. The zero-order valence-electron chi connectivity index (χ0n) is 20.7. The number of nitrogen functional groups attached to an aromatic ring is 1. The van der Waals surface area contributed by atoms with Crippen LogP contribution in [-0.4, -0.2) is 53.8 Å². The van der Waals surface area contributed by atoms with Crippen molar-refractivity contribution in [3.05, 3.63) is 64.2 Å². The summed E-state index contributed by atoms with van der Waals surface area (Å²) in [5.74, 6) is -0.576. The molecule has 1 amide bonds. The van der Waals surface area contributed by atoms with Crippen LogP contribution in [0, 0.1) is 5.92 Å². The minimum Gasteiger partial charge on any atom is -0.480 e. The number of anilines is 1. The molecule has 0 bridgehead atoms. The average Bonchev–Trinajstić information content (AvgIpc) is 2.86. The molecule has 2 aromatic rings. The number of hydrogen-bond acceptors (Lipinski definition) is 6. The second kappa shape index (κ2) is 13.8. The monoisotopic (exact) mass is 514 g/mol. The Hall–Kier alpha value is -3.10. The molecule has 1 aliphatic carbocycles. The second-order valence-corrected chi connectivity index (χ2v) is 9.58. The van der Waals surface area contributed by atoms with E-state index in [2.05, 4.69) is 10.5 Å². The number of benzene rings is 2. The Morgan fingerprint density at radius 2 is 1.92 bits per heavy atom. The Morgan fingerprint density at radius 1 is 1.17 bits per heavy atom. The summed E-state index contributed by atoms with van der Waals surface area (Å²) in [6.07, 6.45) is 6.02. The van der Waals surface area contributed by atoms with Gasteiger partial charge in [-0.15, -0.1) is 0 Å². The van der Waals surface area contributed by atoms with Crippen molar-refractivity contribution in [3.63, 3.8) is 0 Å². The van der Waals surface area contributed by atoms with Crippen LogP contribution in [0.3, 0.4) is 0 Å². The maximum atomic E-state index is 12.3. The molecule has 0 unspecified atom stereocenters. The first-order valence-electron chi connectivity index (χ1n) is 12.4. The highest BCUT2D eigenvalue weighted by molar-refractivity contribution is 6.31. The Kier molecular flexibility index (Phi) is 10.6. The first-order valence-corrected chi connectivity index (χ1v) is 12.8. The normalized spacial score (nSPS) is 14.6. The molecule has 3 rings (SSSR count). The van der Waals surface area contributed by atoms with Crippen molar-refractivity contribution in [1.82, 2.24) is 10.2 Å². The van der Waals surface area contributed by atoms with E-state index < -0.39 is 5.97 Å². The Balaban J connectivity index is 1.76. The number of oxime groups is 1. The number of hydrogen-bond donors (Lipinski definition) is 3. The molecule has 0 heterocycles. The van der Waals surface area contributed by atoms with Gasteiger partial charge in [0.05, 0.1) is 6.54 Å². The van der Waals surface area contributed by atoms with Gasteiger partial charge in [0.1, 0.15) is 5.71 Å². The fourth-order valence-corrected chi connectivity index (χ4v) is 4.56. The number of nitrogens with one attached hydrogen (secondary N) is 1. The van der Waals surface area contributed by atoms with Crippen molar-refractivity contribution < 1.29 is 19.5 Å². The predicted octanol–water partition coefficient (Wildman–Crippen LogP) is 4.29. The number of halogens is 1. The molecule has 1 aliphatic rings. The molecule has 2 aromatic carbocycles. The number of rotatable bonds is 12. The van der Waals surface area contributed by atoms with Crippen molar-refractivity contribution in [1.29, 1.82) is 0 Å². The highest BCUT2D eigenvalue weighted by Gasteiger charge is 2.16. The zero-order chi connectivity index (χ0) is 25.9. The van der Waals surface area contributed by atoms with Gasteiger partial charge >= 0.3 is 5.97 Å². The molecule has 0 aliphatic heterocycles. The second-order valence-electron chi connectivity index (χ2n) is 9.14. The summed E-state index contributed by atoms with van der Waals surface area (Å²) in [6.45, 7) is 3.21. The van der Waals surface area contributed by atoms with Crippen LogP contribution in [0.5, 0.6) is 0 Å². The summed E-state index contributed by atoms with van der Waals surface area (Å²) in [6, 6.07) is 12.7. The van der Waals surface area contributed by atoms with Gasteiger partial charge in [-0.05, 0) is 55.1 Å². The molecule has 1 fully saturated rings. The maximum Gasteiger partial charge on any atom is 0.317 e. The van der Waals surface area contributed by atoms with Gasteiger partial charge in [0.2, 0.25) is 0 Å². The lowest BCUT2D eigenvalue weighted by Crippen LogP contribution is -2.32. The standard InChI is InChI=1S/C27H35ClN4O4/c1-2-32(17-26(34)35)16-22-13-21(11-12-24(22)29)27(20-9-6-10-23(28)14-20)31-36-18-25(33)30-15-19-7-4-3-5-8-19/h6,9-14,19H,2-5,7-8,15-18,29H2,1H3,(H,30,33)(H,34,35)/b31-27+. The van der Waals surface area contributed by atoms with Crippen molar-refractivity contribution >= 4 is 34.9 Å².